The lowest BCUT2D eigenvalue weighted by Crippen LogP contribution is -2.41. The lowest BCUT2D eigenvalue weighted by atomic mass is 10.0. The van der Waals surface area contributed by atoms with Gasteiger partial charge in [0.2, 0.25) is 5.88 Å². The van der Waals surface area contributed by atoms with Gasteiger partial charge in [-0.3, -0.25) is 4.98 Å². The molecule has 1 saturated heterocycles. The van der Waals surface area contributed by atoms with Crippen molar-refractivity contribution in [2.24, 2.45) is 0 Å². The highest BCUT2D eigenvalue weighted by atomic mass is 19.4. The number of hydrazine groups is 1. The first-order chi connectivity index (χ1) is 15.4. The SMILES string of the molecule is CCOc1ncc(-c2cc(N3NC=CC=C3C(F)(F)F)cnc2C)cc1N1CCOCC1. The van der Waals surface area contributed by atoms with Crippen molar-refractivity contribution in [1.29, 1.82) is 0 Å². The van der Waals surface area contributed by atoms with Crippen molar-refractivity contribution >= 4 is 11.4 Å². The van der Waals surface area contributed by atoms with Crippen LogP contribution in [0.3, 0.4) is 0 Å². The third-order valence-corrected chi connectivity index (χ3v) is 5.19. The van der Waals surface area contributed by atoms with E-state index in [0.717, 1.165) is 22.3 Å². The Morgan fingerprint density at radius 2 is 1.94 bits per heavy atom. The Hall–Kier alpha value is -3.27. The molecule has 2 aliphatic rings. The molecule has 0 radical (unpaired) electrons. The number of hydrogen-bond acceptors (Lipinski definition) is 7. The zero-order valence-electron chi connectivity index (χ0n) is 17.8. The van der Waals surface area contributed by atoms with Crippen LogP contribution in [-0.4, -0.2) is 49.1 Å². The van der Waals surface area contributed by atoms with E-state index in [1.54, 1.807) is 12.3 Å². The summed E-state index contributed by atoms with van der Waals surface area (Å²) in [4.78, 5) is 11.0. The Kier molecular flexibility index (Phi) is 6.22. The van der Waals surface area contributed by atoms with Crippen molar-refractivity contribution in [2.45, 2.75) is 20.0 Å². The van der Waals surface area contributed by atoms with Crippen LogP contribution in [0.5, 0.6) is 5.88 Å². The zero-order valence-corrected chi connectivity index (χ0v) is 17.8. The van der Waals surface area contributed by atoms with Gasteiger partial charge in [-0.2, -0.15) is 13.2 Å². The predicted molar refractivity (Wildman–Crippen MR) is 115 cm³/mol. The molecule has 0 unspecified atom stereocenters. The second-order valence-electron chi connectivity index (χ2n) is 7.28. The lowest BCUT2D eigenvalue weighted by molar-refractivity contribution is -0.0942. The molecular formula is C22H24F3N5O2. The number of nitrogens with zero attached hydrogens (tertiary/aromatic N) is 4. The van der Waals surface area contributed by atoms with Gasteiger partial charge in [-0.25, -0.2) is 9.99 Å². The number of nitrogens with one attached hydrogen (secondary N) is 1. The summed E-state index contributed by atoms with van der Waals surface area (Å²) in [6.07, 6.45) is 2.32. The molecule has 0 amide bonds. The fourth-order valence-corrected chi connectivity index (χ4v) is 3.64. The summed E-state index contributed by atoms with van der Waals surface area (Å²) in [7, 11) is 0. The molecule has 10 heteroatoms. The molecule has 0 bridgehead atoms. The van der Waals surface area contributed by atoms with Crippen molar-refractivity contribution in [2.75, 3.05) is 42.8 Å². The molecule has 32 heavy (non-hydrogen) atoms. The summed E-state index contributed by atoms with van der Waals surface area (Å²) < 4.78 is 51.7. The maximum Gasteiger partial charge on any atom is 0.433 e. The Labute approximate surface area is 184 Å². The monoisotopic (exact) mass is 447 g/mol. The van der Waals surface area contributed by atoms with Gasteiger partial charge in [0.05, 0.1) is 31.7 Å². The van der Waals surface area contributed by atoms with Gasteiger partial charge in [-0.1, -0.05) is 0 Å². The molecule has 170 valence electrons. The highest BCUT2D eigenvalue weighted by molar-refractivity contribution is 5.75. The van der Waals surface area contributed by atoms with Crippen molar-refractivity contribution in [3.05, 3.63) is 54.3 Å². The maximum absolute atomic E-state index is 13.5. The van der Waals surface area contributed by atoms with Gasteiger partial charge in [-0.15, -0.1) is 0 Å². The molecule has 4 rings (SSSR count). The van der Waals surface area contributed by atoms with E-state index in [1.165, 1.54) is 18.5 Å². The highest BCUT2D eigenvalue weighted by Crippen LogP contribution is 2.36. The van der Waals surface area contributed by atoms with Crippen LogP contribution in [0, 0.1) is 6.92 Å². The van der Waals surface area contributed by atoms with Crippen molar-refractivity contribution < 1.29 is 22.6 Å². The first kappa shape index (κ1) is 21.9. The second kappa shape index (κ2) is 9.07. The molecule has 0 saturated carbocycles. The van der Waals surface area contributed by atoms with Crippen LogP contribution < -0.4 is 20.1 Å². The standard InChI is InChI=1S/C22H24F3N5O2/c1-3-32-21-19(29-7-9-31-10-8-29)11-16(13-27-21)18-12-17(14-26-15(18)2)30-20(22(23,24)25)5-4-6-28-30/h4-6,11-14,28H,3,7-10H2,1-2H3. The largest absolute Gasteiger partial charge is 0.476 e. The van der Waals surface area contributed by atoms with Gasteiger partial charge in [-0.05, 0) is 38.1 Å². The first-order valence-corrected chi connectivity index (χ1v) is 10.3. The number of alkyl halides is 3. The smallest absolute Gasteiger partial charge is 0.433 e. The van der Waals surface area contributed by atoms with Crippen LogP contribution in [0.2, 0.25) is 0 Å². The van der Waals surface area contributed by atoms with Crippen LogP contribution in [0.25, 0.3) is 11.1 Å². The molecule has 2 aliphatic heterocycles. The van der Waals surface area contributed by atoms with Crippen LogP contribution in [0.4, 0.5) is 24.5 Å². The van der Waals surface area contributed by atoms with Gasteiger partial charge in [0.1, 0.15) is 11.4 Å². The Bertz CT molecular complexity index is 1030. The number of pyridine rings is 2. The Balaban J connectivity index is 1.74. The molecule has 1 fully saturated rings. The summed E-state index contributed by atoms with van der Waals surface area (Å²) in [5.74, 6) is 0.519. The Morgan fingerprint density at radius 1 is 1.16 bits per heavy atom. The van der Waals surface area contributed by atoms with E-state index in [2.05, 4.69) is 20.3 Å². The minimum atomic E-state index is -4.52. The average Bonchev–Trinajstić information content (AvgIpc) is 2.80. The normalized spacial score (nSPS) is 16.6. The van der Waals surface area contributed by atoms with E-state index < -0.39 is 11.9 Å². The summed E-state index contributed by atoms with van der Waals surface area (Å²) >= 11 is 0. The zero-order chi connectivity index (χ0) is 22.7. The van der Waals surface area contributed by atoms with E-state index in [4.69, 9.17) is 9.47 Å². The minimum absolute atomic E-state index is 0.264. The summed E-state index contributed by atoms with van der Waals surface area (Å²) in [5.41, 5.74) is 5.02. The molecule has 1 N–H and O–H groups in total. The van der Waals surface area contributed by atoms with Gasteiger partial charge >= 0.3 is 6.18 Å². The number of anilines is 2. The third-order valence-electron chi connectivity index (χ3n) is 5.19. The van der Waals surface area contributed by atoms with E-state index in [0.29, 0.717) is 50.0 Å². The average molecular weight is 447 g/mol. The Morgan fingerprint density at radius 3 is 2.66 bits per heavy atom. The second-order valence-corrected chi connectivity index (χ2v) is 7.28. The minimum Gasteiger partial charge on any atom is -0.476 e. The molecule has 2 aromatic rings. The molecule has 2 aromatic heterocycles. The van der Waals surface area contributed by atoms with Gasteiger partial charge in [0, 0.05) is 42.3 Å². The van der Waals surface area contributed by atoms with Gasteiger partial charge < -0.3 is 19.8 Å². The number of aromatic nitrogens is 2. The number of rotatable bonds is 5. The van der Waals surface area contributed by atoms with Crippen LogP contribution >= 0.6 is 0 Å². The van der Waals surface area contributed by atoms with Gasteiger partial charge in [0.25, 0.3) is 0 Å². The number of aryl methyl sites for hydroxylation is 1. The number of morpholine rings is 1. The molecule has 7 nitrogen and oxygen atoms in total. The summed E-state index contributed by atoms with van der Waals surface area (Å²) in [5, 5.41) is 0.973. The number of hydrogen-bond donors (Lipinski definition) is 1. The van der Waals surface area contributed by atoms with Crippen LogP contribution in [0.1, 0.15) is 12.6 Å². The third kappa shape index (κ3) is 4.50. The number of allylic oxidation sites excluding steroid dienone is 3. The quantitative estimate of drug-likeness (QED) is 0.744. The van der Waals surface area contributed by atoms with E-state index in [9.17, 15) is 13.2 Å². The topological polar surface area (TPSA) is 62.8 Å². The molecule has 0 atom stereocenters. The first-order valence-electron chi connectivity index (χ1n) is 10.3. The van der Waals surface area contributed by atoms with E-state index >= 15 is 0 Å². The van der Waals surface area contributed by atoms with Gasteiger partial charge in [0.15, 0.2) is 0 Å². The lowest BCUT2D eigenvalue weighted by Gasteiger charge is -2.31. The maximum atomic E-state index is 13.5. The molecule has 0 aromatic carbocycles. The van der Waals surface area contributed by atoms with Crippen LogP contribution in [-0.2, 0) is 4.74 Å². The molecule has 4 heterocycles. The van der Waals surface area contributed by atoms with Crippen molar-refractivity contribution in [1.82, 2.24) is 15.4 Å². The number of ether oxygens (including phenoxy) is 2. The van der Waals surface area contributed by atoms with Crippen LogP contribution in [0.15, 0.2) is 48.6 Å². The fourth-order valence-electron chi connectivity index (χ4n) is 3.64. The van der Waals surface area contributed by atoms with E-state index in [1.807, 2.05) is 19.9 Å². The molecular weight excluding hydrogens is 423 g/mol. The fraction of sp³-hybridized carbons (Fsp3) is 0.364. The van der Waals surface area contributed by atoms with E-state index in [-0.39, 0.29) is 5.69 Å². The summed E-state index contributed by atoms with van der Waals surface area (Å²) in [6.45, 7) is 6.79. The number of halogens is 3. The molecule has 0 spiro atoms. The molecule has 0 aliphatic carbocycles. The highest BCUT2D eigenvalue weighted by Gasteiger charge is 2.39. The van der Waals surface area contributed by atoms with Crippen molar-refractivity contribution in [3.8, 4) is 17.0 Å². The predicted octanol–water partition coefficient (Wildman–Crippen LogP) is 3.97. The van der Waals surface area contributed by atoms with Crippen molar-refractivity contribution in [3.63, 3.8) is 0 Å². The summed E-state index contributed by atoms with van der Waals surface area (Å²) in [6, 6.07) is 3.62.